The van der Waals surface area contributed by atoms with Gasteiger partial charge in [0.2, 0.25) is 0 Å². The number of rotatable bonds is 3. The topological polar surface area (TPSA) is 70.7 Å². The third kappa shape index (κ3) is 2.96. The van der Waals surface area contributed by atoms with Crippen LogP contribution in [0.25, 0.3) is 11.4 Å². The maximum absolute atomic E-state index is 14.1. The molecule has 5 nitrogen and oxygen atoms in total. The van der Waals surface area contributed by atoms with Crippen LogP contribution in [0.1, 0.15) is 10.4 Å². The zero-order valence-electron chi connectivity index (χ0n) is 11.2. The lowest BCUT2D eigenvalue weighted by Gasteiger charge is -2.06. The van der Waals surface area contributed by atoms with Gasteiger partial charge in [0.05, 0.1) is 17.4 Å². The van der Waals surface area contributed by atoms with E-state index in [1.165, 1.54) is 24.5 Å². The van der Waals surface area contributed by atoms with E-state index < -0.39 is 11.7 Å². The highest BCUT2D eigenvalue weighted by Gasteiger charge is 2.12. The average Bonchev–Trinajstić information content (AvgIpc) is 3.03. The molecular formula is C15H10ClFN4O. The summed E-state index contributed by atoms with van der Waals surface area (Å²) >= 11 is 5.67. The quantitative estimate of drug-likeness (QED) is 0.726. The van der Waals surface area contributed by atoms with Gasteiger partial charge in [0.25, 0.3) is 5.91 Å². The van der Waals surface area contributed by atoms with E-state index in [-0.39, 0.29) is 5.56 Å². The molecule has 2 aromatic heterocycles. The van der Waals surface area contributed by atoms with Crippen molar-refractivity contribution in [2.24, 2.45) is 0 Å². The summed E-state index contributed by atoms with van der Waals surface area (Å²) in [5, 5.41) is 2.94. The van der Waals surface area contributed by atoms with Crippen molar-refractivity contribution < 1.29 is 9.18 Å². The van der Waals surface area contributed by atoms with E-state index in [0.29, 0.717) is 22.2 Å². The number of H-pyrrole nitrogens is 1. The fourth-order valence-electron chi connectivity index (χ4n) is 1.91. The van der Waals surface area contributed by atoms with Gasteiger partial charge in [0.15, 0.2) is 0 Å². The monoisotopic (exact) mass is 316 g/mol. The van der Waals surface area contributed by atoms with Crippen molar-refractivity contribution in [1.29, 1.82) is 0 Å². The standard InChI is InChI=1S/C15H10ClFN4O/c16-13-4-2-10(8-20-13)21-15(22)9-1-3-11(12(17)7-9)14-18-5-6-19-14/h1-8H,(H,18,19)(H,21,22). The van der Waals surface area contributed by atoms with E-state index in [9.17, 15) is 9.18 Å². The molecule has 3 rings (SSSR count). The van der Waals surface area contributed by atoms with Gasteiger partial charge < -0.3 is 10.3 Å². The molecule has 0 radical (unpaired) electrons. The lowest BCUT2D eigenvalue weighted by Crippen LogP contribution is -2.12. The predicted octanol–water partition coefficient (Wildman–Crippen LogP) is 3.52. The molecular weight excluding hydrogens is 307 g/mol. The molecule has 22 heavy (non-hydrogen) atoms. The summed E-state index contributed by atoms with van der Waals surface area (Å²) in [6.45, 7) is 0. The highest BCUT2D eigenvalue weighted by molar-refractivity contribution is 6.29. The summed E-state index contributed by atoms with van der Waals surface area (Å²) in [4.78, 5) is 22.7. The number of halogens is 2. The van der Waals surface area contributed by atoms with Gasteiger partial charge in [-0.1, -0.05) is 11.6 Å². The van der Waals surface area contributed by atoms with Gasteiger partial charge >= 0.3 is 0 Å². The van der Waals surface area contributed by atoms with E-state index in [2.05, 4.69) is 20.3 Å². The second-order valence-corrected chi connectivity index (χ2v) is 4.84. The molecule has 0 spiro atoms. The molecule has 1 aromatic carbocycles. The van der Waals surface area contributed by atoms with Crippen molar-refractivity contribution >= 4 is 23.2 Å². The number of hydrogen-bond donors (Lipinski definition) is 2. The molecule has 1 amide bonds. The fraction of sp³-hybridized carbons (Fsp3) is 0. The van der Waals surface area contributed by atoms with Gasteiger partial charge in [-0.2, -0.15) is 0 Å². The number of aromatic nitrogens is 3. The van der Waals surface area contributed by atoms with Crippen LogP contribution in [0.2, 0.25) is 5.15 Å². The Morgan fingerprint density at radius 3 is 2.73 bits per heavy atom. The summed E-state index contributed by atoms with van der Waals surface area (Å²) in [6, 6.07) is 7.36. The minimum atomic E-state index is -0.531. The first-order valence-electron chi connectivity index (χ1n) is 6.36. The van der Waals surface area contributed by atoms with Crippen molar-refractivity contribution in [2.75, 3.05) is 5.32 Å². The number of anilines is 1. The highest BCUT2D eigenvalue weighted by atomic mass is 35.5. The first-order valence-corrected chi connectivity index (χ1v) is 6.73. The van der Waals surface area contributed by atoms with Gasteiger partial charge in [-0.25, -0.2) is 14.4 Å². The van der Waals surface area contributed by atoms with Crippen LogP contribution in [-0.4, -0.2) is 20.9 Å². The number of carbonyl (C=O) groups excluding carboxylic acids is 1. The Bertz CT molecular complexity index is 803. The first-order chi connectivity index (χ1) is 10.6. The van der Waals surface area contributed by atoms with Gasteiger partial charge in [0, 0.05) is 18.0 Å². The number of nitrogens with zero attached hydrogens (tertiary/aromatic N) is 2. The Balaban J connectivity index is 1.81. The van der Waals surface area contributed by atoms with Gasteiger partial charge in [-0.15, -0.1) is 0 Å². The van der Waals surface area contributed by atoms with Gasteiger partial charge in [-0.3, -0.25) is 4.79 Å². The van der Waals surface area contributed by atoms with E-state index in [1.54, 1.807) is 18.3 Å². The van der Waals surface area contributed by atoms with Crippen molar-refractivity contribution in [2.45, 2.75) is 0 Å². The Morgan fingerprint density at radius 1 is 1.23 bits per heavy atom. The molecule has 0 aliphatic rings. The lowest BCUT2D eigenvalue weighted by atomic mass is 10.1. The molecule has 7 heteroatoms. The Hall–Kier alpha value is -2.73. The van der Waals surface area contributed by atoms with Crippen molar-refractivity contribution in [3.8, 4) is 11.4 Å². The lowest BCUT2D eigenvalue weighted by molar-refractivity contribution is 0.102. The number of imidazole rings is 1. The molecule has 0 saturated heterocycles. The molecule has 2 N–H and O–H groups in total. The molecule has 0 aliphatic carbocycles. The molecule has 0 unspecified atom stereocenters. The van der Waals surface area contributed by atoms with E-state index >= 15 is 0 Å². The SMILES string of the molecule is O=C(Nc1ccc(Cl)nc1)c1ccc(-c2ncc[nH]2)c(F)c1. The Kier molecular flexibility index (Phi) is 3.84. The fourth-order valence-corrected chi connectivity index (χ4v) is 2.03. The van der Waals surface area contributed by atoms with Crippen molar-refractivity contribution in [1.82, 2.24) is 15.0 Å². The van der Waals surface area contributed by atoms with Gasteiger partial charge in [-0.05, 0) is 30.3 Å². The number of benzene rings is 1. The Labute approximate surface area is 130 Å². The molecule has 0 fully saturated rings. The predicted molar refractivity (Wildman–Crippen MR) is 81.2 cm³/mol. The summed E-state index contributed by atoms with van der Waals surface area (Å²) in [6.07, 6.45) is 4.56. The summed E-state index contributed by atoms with van der Waals surface area (Å²) < 4.78 is 14.1. The van der Waals surface area contributed by atoms with Crippen LogP contribution in [-0.2, 0) is 0 Å². The van der Waals surface area contributed by atoms with E-state index in [1.807, 2.05) is 0 Å². The molecule has 2 heterocycles. The number of nitrogens with one attached hydrogen (secondary N) is 2. The first kappa shape index (κ1) is 14.2. The summed E-state index contributed by atoms with van der Waals surface area (Å²) in [5.74, 6) is -0.558. The van der Waals surface area contributed by atoms with Crippen LogP contribution in [0, 0.1) is 5.82 Å². The number of carbonyl (C=O) groups is 1. The van der Waals surface area contributed by atoms with Crippen LogP contribution < -0.4 is 5.32 Å². The maximum Gasteiger partial charge on any atom is 0.255 e. The molecule has 3 aromatic rings. The second kappa shape index (κ2) is 5.95. The van der Waals surface area contributed by atoms with Crippen LogP contribution in [0.5, 0.6) is 0 Å². The summed E-state index contributed by atoms with van der Waals surface area (Å²) in [7, 11) is 0. The molecule has 0 saturated carbocycles. The minimum absolute atomic E-state index is 0.197. The Morgan fingerprint density at radius 2 is 2.09 bits per heavy atom. The number of hydrogen-bond acceptors (Lipinski definition) is 3. The van der Waals surface area contributed by atoms with Crippen molar-refractivity contribution in [3.05, 3.63) is 65.5 Å². The van der Waals surface area contributed by atoms with E-state index in [0.717, 1.165) is 6.07 Å². The molecule has 0 bridgehead atoms. The molecule has 0 atom stereocenters. The number of pyridine rings is 1. The second-order valence-electron chi connectivity index (χ2n) is 4.46. The minimum Gasteiger partial charge on any atom is -0.345 e. The maximum atomic E-state index is 14.1. The smallest absolute Gasteiger partial charge is 0.255 e. The average molecular weight is 317 g/mol. The molecule has 0 aliphatic heterocycles. The third-order valence-electron chi connectivity index (χ3n) is 2.97. The zero-order valence-corrected chi connectivity index (χ0v) is 11.9. The van der Waals surface area contributed by atoms with Crippen LogP contribution in [0.4, 0.5) is 10.1 Å². The third-order valence-corrected chi connectivity index (χ3v) is 3.19. The van der Waals surface area contributed by atoms with Crippen molar-refractivity contribution in [3.63, 3.8) is 0 Å². The van der Waals surface area contributed by atoms with E-state index in [4.69, 9.17) is 11.6 Å². The summed E-state index contributed by atoms with van der Waals surface area (Å²) in [5.41, 5.74) is 0.974. The largest absolute Gasteiger partial charge is 0.345 e. The van der Waals surface area contributed by atoms with Gasteiger partial charge in [0.1, 0.15) is 16.8 Å². The highest BCUT2D eigenvalue weighted by Crippen LogP contribution is 2.20. The van der Waals surface area contributed by atoms with Crippen LogP contribution >= 0.6 is 11.6 Å². The normalized spacial score (nSPS) is 10.5. The zero-order chi connectivity index (χ0) is 15.5. The number of aromatic amines is 1. The number of amides is 1. The van der Waals surface area contributed by atoms with Crippen LogP contribution in [0.15, 0.2) is 48.9 Å². The van der Waals surface area contributed by atoms with Crippen LogP contribution in [0.3, 0.4) is 0 Å². The molecule has 110 valence electrons.